The number of carboxylic acid groups (broad SMARTS) is 1. The van der Waals surface area contributed by atoms with Crippen molar-refractivity contribution in [2.75, 3.05) is 0 Å². The molecule has 0 aromatic heterocycles. The zero-order valence-corrected chi connectivity index (χ0v) is 11.1. The fourth-order valence-corrected chi connectivity index (χ4v) is 0.884. The van der Waals surface area contributed by atoms with Crippen LogP contribution in [0.3, 0.4) is 0 Å². The molecule has 72 valence electrons. The van der Waals surface area contributed by atoms with E-state index in [0.29, 0.717) is 5.02 Å². The van der Waals surface area contributed by atoms with Crippen molar-refractivity contribution in [1.29, 1.82) is 0 Å². The van der Waals surface area contributed by atoms with Gasteiger partial charge in [-0.25, -0.2) is 0 Å². The molecule has 0 unspecified atom stereocenters. The van der Waals surface area contributed by atoms with E-state index < -0.39 is 5.97 Å². The molecule has 6 heteroatoms. The number of carboxylic acids is 1. The Balaban J connectivity index is 0. The van der Waals surface area contributed by atoms with Gasteiger partial charge in [0.2, 0.25) is 0 Å². The maximum absolute atomic E-state index is 10.6. The van der Waals surface area contributed by atoms with Gasteiger partial charge in [-0.05, 0) is 19.1 Å². The molecule has 0 heterocycles. The summed E-state index contributed by atoms with van der Waals surface area (Å²) in [6.45, 7) is 0.972. The number of hydrogen-bond donors (Lipinski definition) is 0. The molecule has 0 atom stereocenters. The fraction of sp³-hybridized carbons (Fsp3) is 0.125. The first-order valence-corrected chi connectivity index (χ1v) is 3.98. The molecule has 1 rings (SSSR count). The molecule has 0 aliphatic carbocycles. The molecule has 0 fully saturated rings. The van der Waals surface area contributed by atoms with E-state index in [-0.39, 0.29) is 48.5 Å². The van der Waals surface area contributed by atoms with Crippen LogP contribution in [-0.4, -0.2) is 43.7 Å². The number of carbonyl (C=O) groups is 1. The van der Waals surface area contributed by atoms with Crippen molar-refractivity contribution in [3.05, 3.63) is 28.2 Å². The Labute approximate surface area is 122 Å². The van der Waals surface area contributed by atoms with Crippen molar-refractivity contribution in [3.8, 4) is 5.75 Å². The van der Waals surface area contributed by atoms with Gasteiger partial charge in [0, 0.05) is 16.0 Å². The van der Waals surface area contributed by atoms with Crippen molar-refractivity contribution < 1.29 is 15.0 Å². The van der Waals surface area contributed by atoms with Crippen molar-refractivity contribution in [2.24, 2.45) is 0 Å². The Morgan fingerprint density at radius 1 is 1.36 bits per heavy atom. The molecular weight excluding hydrogens is 255 g/mol. The molecule has 0 saturated carbocycles. The smallest absolute Gasteiger partial charge is 0.871 e. The molecule has 0 spiro atoms. The summed E-state index contributed by atoms with van der Waals surface area (Å²) in [5.74, 6) is -1.28. The number of benzene rings is 1. The minimum atomic E-state index is -1.08. The summed E-state index contributed by atoms with van der Waals surface area (Å²) < 4.78 is 0. The van der Waals surface area contributed by atoms with E-state index in [9.17, 15) is 5.11 Å². The minimum Gasteiger partial charge on any atom is -0.871 e. The largest absolute Gasteiger partial charge is 2.00 e. The van der Waals surface area contributed by atoms with E-state index in [1.54, 1.807) is 0 Å². The topological polar surface area (TPSA) is 63.2 Å². The predicted molar refractivity (Wildman–Crippen MR) is 52.3 cm³/mol. The van der Waals surface area contributed by atoms with Crippen molar-refractivity contribution in [3.63, 3.8) is 0 Å². The van der Waals surface area contributed by atoms with Crippen LogP contribution in [0.25, 0.3) is 0 Å². The molecule has 0 aliphatic rings. The van der Waals surface area contributed by atoms with E-state index in [4.69, 9.17) is 33.1 Å². The van der Waals surface area contributed by atoms with Crippen molar-refractivity contribution in [1.82, 2.24) is 0 Å². The Morgan fingerprint density at radius 2 is 1.79 bits per heavy atom. The first kappa shape index (κ1) is 16.7. The van der Waals surface area contributed by atoms with Gasteiger partial charge in [0.1, 0.15) is 0 Å². The zero-order chi connectivity index (χ0) is 10.4. The number of halogens is 2. The van der Waals surface area contributed by atoms with Gasteiger partial charge in [-0.15, -0.1) is 0 Å². The van der Waals surface area contributed by atoms with Gasteiger partial charge in [-0.2, -0.15) is 0 Å². The third kappa shape index (κ3) is 8.91. The Bertz CT molecular complexity index is 301. The van der Waals surface area contributed by atoms with Crippen LogP contribution in [-0.2, 0) is 4.79 Å². The van der Waals surface area contributed by atoms with E-state index in [2.05, 4.69) is 0 Å². The molecule has 0 bridgehead atoms. The molecule has 1 aromatic rings. The van der Waals surface area contributed by atoms with Crippen LogP contribution in [0.4, 0.5) is 0 Å². The number of hydrogen-bond acceptors (Lipinski definition) is 3. The first-order chi connectivity index (χ1) is 5.93. The summed E-state index contributed by atoms with van der Waals surface area (Å²) >= 11 is 10.9. The average Bonchev–Trinajstić information content (AvgIpc) is 1.96. The second-order valence-electron chi connectivity index (χ2n) is 2.07. The maximum atomic E-state index is 10.6. The van der Waals surface area contributed by atoms with Gasteiger partial charge in [0.15, 0.2) is 0 Å². The monoisotopic (exact) mass is 260 g/mol. The molecule has 0 saturated heterocycles. The molecule has 0 aliphatic heterocycles. The van der Waals surface area contributed by atoms with Crippen molar-refractivity contribution in [2.45, 2.75) is 6.92 Å². The Morgan fingerprint density at radius 3 is 2.07 bits per heavy atom. The molecule has 14 heavy (non-hydrogen) atoms. The van der Waals surface area contributed by atoms with Gasteiger partial charge in [0.25, 0.3) is 0 Å². The molecule has 1 aromatic carbocycles. The second-order valence-corrected chi connectivity index (χ2v) is 2.91. The van der Waals surface area contributed by atoms with Gasteiger partial charge >= 0.3 is 37.7 Å². The maximum Gasteiger partial charge on any atom is 2.00 e. The first-order valence-electron chi connectivity index (χ1n) is 3.23. The van der Waals surface area contributed by atoms with E-state index in [1.165, 1.54) is 18.2 Å². The van der Waals surface area contributed by atoms with Gasteiger partial charge in [-0.3, -0.25) is 0 Å². The SMILES string of the molecule is CC(=O)[O-].[Ca+2].[O-]c1ccc(Cl)cc1Cl. The summed E-state index contributed by atoms with van der Waals surface area (Å²) in [7, 11) is 0. The number of aliphatic carboxylic acids is 1. The second kappa shape index (κ2) is 8.62. The van der Waals surface area contributed by atoms with Crippen LogP contribution in [0.5, 0.6) is 5.75 Å². The van der Waals surface area contributed by atoms with E-state index in [1.807, 2.05) is 0 Å². The summed E-state index contributed by atoms with van der Waals surface area (Å²) in [5, 5.41) is 20.1. The summed E-state index contributed by atoms with van der Waals surface area (Å²) in [6.07, 6.45) is 0. The van der Waals surface area contributed by atoms with E-state index in [0.717, 1.165) is 6.92 Å². The molecule has 0 N–H and O–H groups in total. The van der Waals surface area contributed by atoms with E-state index >= 15 is 0 Å². The summed E-state index contributed by atoms with van der Waals surface area (Å²) in [6, 6.07) is 4.27. The van der Waals surface area contributed by atoms with Crippen LogP contribution < -0.4 is 10.2 Å². The molecular formula is C8H6CaCl2O3. The van der Waals surface area contributed by atoms with Gasteiger partial charge in [-0.1, -0.05) is 35.0 Å². The Hall–Kier alpha value is 0.330. The number of rotatable bonds is 0. The Kier molecular flexibility index (Phi) is 10.3. The van der Waals surface area contributed by atoms with Gasteiger partial charge in [0.05, 0.1) is 0 Å². The third-order valence-electron chi connectivity index (χ3n) is 0.894. The standard InChI is InChI=1S/C6H4Cl2O.C2H4O2.Ca/c7-4-1-2-6(9)5(8)3-4;1-2(3)4;/h1-3,9H;1H3,(H,3,4);/q;;+2/p-2. The van der Waals surface area contributed by atoms with Crippen molar-refractivity contribution >= 4 is 66.9 Å². The molecule has 3 nitrogen and oxygen atoms in total. The normalized spacial score (nSPS) is 7.93. The van der Waals surface area contributed by atoms with Crippen LogP contribution in [0, 0.1) is 0 Å². The third-order valence-corrected chi connectivity index (χ3v) is 1.42. The molecule has 0 radical (unpaired) electrons. The van der Waals surface area contributed by atoms with Gasteiger partial charge < -0.3 is 15.0 Å². The fourth-order valence-electron chi connectivity index (χ4n) is 0.475. The number of carbonyl (C=O) groups excluding carboxylic acids is 1. The van der Waals surface area contributed by atoms with Crippen LogP contribution in [0.15, 0.2) is 18.2 Å². The predicted octanol–water partition coefficient (Wildman–Crippen LogP) is 0.442. The minimum absolute atomic E-state index is 0. The zero-order valence-electron chi connectivity index (χ0n) is 7.42. The molecule has 0 amide bonds. The van der Waals surface area contributed by atoms with Crippen LogP contribution in [0.2, 0.25) is 10.0 Å². The summed E-state index contributed by atoms with van der Waals surface area (Å²) in [4.78, 5) is 8.89. The quantitative estimate of drug-likeness (QED) is 0.637. The van der Waals surface area contributed by atoms with Crippen LogP contribution >= 0.6 is 23.2 Å². The van der Waals surface area contributed by atoms with Crippen LogP contribution in [0.1, 0.15) is 6.92 Å². The summed E-state index contributed by atoms with van der Waals surface area (Å²) in [5.41, 5.74) is 0. The average molecular weight is 261 g/mol.